The molecule has 0 bridgehead atoms. The minimum atomic E-state index is -4.94. The first-order valence-corrected chi connectivity index (χ1v) is 6.18. The summed E-state index contributed by atoms with van der Waals surface area (Å²) >= 11 is 5.53. The third-order valence-electron chi connectivity index (χ3n) is 2.97. The van der Waals surface area contributed by atoms with Gasteiger partial charge in [-0.05, 0) is 17.3 Å². The summed E-state index contributed by atoms with van der Waals surface area (Å²) in [7, 11) is 0.772. The molecule has 0 aliphatic carbocycles. The molecule has 0 amide bonds. The average molecular weight is 352 g/mol. The third-order valence-corrected chi connectivity index (χ3v) is 3.27. The summed E-state index contributed by atoms with van der Waals surface area (Å²) in [5.74, 6) is -1.18. The molecule has 11 heteroatoms. The lowest BCUT2D eigenvalue weighted by atomic mass is 10.2. The Labute approximate surface area is 129 Å². The van der Waals surface area contributed by atoms with Crippen LogP contribution in [0, 0.1) is 10.7 Å². The number of nitrogens with zero attached hydrogens (tertiary/aromatic N) is 3. The van der Waals surface area contributed by atoms with Gasteiger partial charge in [0.15, 0.2) is 0 Å². The summed E-state index contributed by atoms with van der Waals surface area (Å²) in [6.45, 7) is 0. The Bertz CT molecular complexity index is 917. The second-order valence-electron chi connectivity index (χ2n) is 4.39. The van der Waals surface area contributed by atoms with Crippen LogP contribution in [0.15, 0.2) is 33.0 Å². The Morgan fingerprint density at radius 1 is 1.17 bits per heavy atom. The number of alkyl halides is 3. The Kier molecular flexibility index (Phi) is 4.12. The first kappa shape index (κ1) is 16.9. The minimum absolute atomic E-state index is 0.142. The molecule has 2 aromatic rings. The first-order chi connectivity index (χ1) is 10.6. The molecule has 0 atom stereocenters. The summed E-state index contributed by atoms with van der Waals surface area (Å²) in [4.78, 5) is 34.4. The number of nitroso groups, excluding NO2 is 1. The van der Waals surface area contributed by atoms with Crippen molar-refractivity contribution in [2.75, 3.05) is 0 Å². The van der Waals surface area contributed by atoms with Gasteiger partial charge in [-0.3, -0.25) is 9.36 Å². The molecule has 1 heterocycles. The molecule has 2 rings (SSSR count). The van der Waals surface area contributed by atoms with Crippen LogP contribution in [-0.2, 0) is 13.2 Å². The van der Waals surface area contributed by atoms with Crippen molar-refractivity contribution in [1.82, 2.24) is 9.13 Å². The van der Waals surface area contributed by atoms with Crippen molar-refractivity contribution in [2.45, 2.75) is 6.18 Å². The van der Waals surface area contributed by atoms with Gasteiger partial charge in [0, 0.05) is 13.1 Å². The van der Waals surface area contributed by atoms with Crippen LogP contribution in [-0.4, -0.2) is 9.13 Å². The van der Waals surface area contributed by atoms with Crippen LogP contribution in [0.3, 0.4) is 0 Å². The molecule has 0 radical (unpaired) electrons. The molecular weight excluding hydrogens is 346 g/mol. The Balaban J connectivity index is 2.87. The van der Waals surface area contributed by atoms with E-state index in [9.17, 15) is 32.1 Å². The van der Waals surface area contributed by atoms with Crippen molar-refractivity contribution < 1.29 is 17.6 Å². The maximum atomic E-state index is 13.9. The van der Waals surface area contributed by atoms with Gasteiger partial charge in [-0.15, -0.1) is 4.91 Å². The van der Waals surface area contributed by atoms with Crippen LogP contribution < -0.4 is 11.2 Å². The zero-order chi connectivity index (χ0) is 17.5. The topological polar surface area (TPSA) is 73.4 Å². The molecule has 1 aromatic heterocycles. The molecule has 0 N–H and O–H groups in total. The molecule has 23 heavy (non-hydrogen) atoms. The molecule has 0 fully saturated rings. The Morgan fingerprint density at radius 3 is 2.30 bits per heavy atom. The second kappa shape index (κ2) is 5.61. The van der Waals surface area contributed by atoms with Gasteiger partial charge in [-0.25, -0.2) is 13.8 Å². The molecule has 1 aromatic carbocycles. The molecular formula is C12H6ClF4N3O3. The highest BCUT2D eigenvalue weighted by Crippen LogP contribution is 2.30. The molecule has 6 nitrogen and oxygen atoms in total. The molecule has 0 saturated carbocycles. The zero-order valence-electron chi connectivity index (χ0n) is 11.2. The van der Waals surface area contributed by atoms with E-state index in [1.807, 2.05) is 0 Å². The smallest absolute Gasteiger partial charge is 0.292 e. The van der Waals surface area contributed by atoms with E-state index in [0.29, 0.717) is 12.1 Å². The molecule has 0 saturated heterocycles. The monoisotopic (exact) mass is 351 g/mol. The number of hydrogen-bond donors (Lipinski definition) is 0. The van der Waals surface area contributed by atoms with Gasteiger partial charge in [0.05, 0.1) is 10.7 Å². The molecule has 0 aliphatic heterocycles. The Morgan fingerprint density at radius 2 is 1.78 bits per heavy atom. The van der Waals surface area contributed by atoms with E-state index in [0.717, 1.165) is 7.05 Å². The average Bonchev–Trinajstić information content (AvgIpc) is 2.44. The number of rotatable bonds is 2. The number of benzene rings is 1. The fraction of sp³-hybridized carbons (Fsp3) is 0.167. The summed E-state index contributed by atoms with van der Waals surface area (Å²) in [6, 6.07) is 1.46. The first-order valence-electron chi connectivity index (χ1n) is 5.81. The quantitative estimate of drug-likeness (QED) is 0.617. The standard InChI is InChI=1S/C12H6ClF4N3O3/c1-19-9(12(15,16)17)4-10(21)20(11(19)22)8-3-7(18-23)5(13)2-6(8)14/h2-4H,1H3. The molecule has 0 aliphatic rings. The highest BCUT2D eigenvalue weighted by Gasteiger charge is 2.35. The van der Waals surface area contributed by atoms with Gasteiger partial charge >= 0.3 is 11.9 Å². The fourth-order valence-electron chi connectivity index (χ4n) is 1.89. The molecule has 0 spiro atoms. The summed E-state index contributed by atoms with van der Waals surface area (Å²) in [5.41, 5.74) is -5.56. The molecule has 122 valence electrons. The Hall–Kier alpha value is -2.49. The minimum Gasteiger partial charge on any atom is -0.292 e. The van der Waals surface area contributed by atoms with Crippen molar-refractivity contribution in [1.29, 1.82) is 0 Å². The maximum Gasteiger partial charge on any atom is 0.431 e. The van der Waals surface area contributed by atoms with Crippen molar-refractivity contribution in [3.05, 3.63) is 60.5 Å². The highest BCUT2D eigenvalue weighted by molar-refractivity contribution is 6.33. The number of halogens is 5. The van der Waals surface area contributed by atoms with Crippen LogP contribution in [0.4, 0.5) is 23.2 Å². The summed E-state index contributed by atoms with van der Waals surface area (Å²) in [5, 5.41) is 2.11. The normalized spacial score (nSPS) is 11.6. The SMILES string of the molecule is Cn1c(C(F)(F)F)cc(=O)n(-c2cc(N=O)c(Cl)cc2F)c1=O. The van der Waals surface area contributed by atoms with E-state index in [1.54, 1.807) is 0 Å². The van der Waals surface area contributed by atoms with E-state index in [1.165, 1.54) is 0 Å². The van der Waals surface area contributed by atoms with Gasteiger partial charge in [-0.2, -0.15) is 13.2 Å². The number of aromatic nitrogens is 2. The third kappa shape index (κ3) is 2.89. The fourth-order valence-corrected chi connectivity index (χ4v) is 2.07. The van der Waals surface area contributed by atoms with Gasteiger partial charge in [0.25, 0.3) is 5.56 Å². The van der Waals surface area contributed by atoms with Gasteiger partial charge in [0.1, 0.15) is 17.2 Å². The van der Waals surface area contributed by atoms with Crippen LogP contribution in [0.25, 0.3) is 5.69 Å². The van der Waals surface area contributed by atoms with Crippen LogP contribution in [0.5, 0.6) is 0 Å². The lowest BCUT2D eigenvalue weighted by molar-refractivity contribution is -0.144. The van der Waals surface area contributed by atoms with Crippen molar-refractivity contribution in [3.63, 3.8) is 0 Å². The lowest BCUT2D eigenvalue weighted by Crippen LogP contribution is -2.41. The van der Waals surface area contributed by atoms with Crippen LogP contribution in [0.1, 0.15) is 5.69 Å². The molecule has 0 unspecified atom stereocenters. The van der Waals surface area contributed by atoms with Gasteiger partial charge in [-0.1, -0.05) is 11.6 Å². The maximum absolute atomic E-state index is 13.9. The van der Waals surface area contributed by atoms with Gasteiger partial charge < -0.3 is 0 Å². The van der Waals surface area contributed by atoms with Crippen LogP contribution >= 0.6 is 11.6 Å². The predicted molar refractivity (Wildman–Crippen MR) is 72.7 cm³/mol. The van der Waals surface area contributed by atoms with E-state index >= 15 is 0 Å². The van der Waals surface area contributed by atoms with Crippen molar-refractivity contribution >= 4 is 17.3 Å². The predicted octanol–water partition coefficient (Wildman–Crippen LogP) is 2.75. The van der Waals surface area contributed by atoms with E-state index in [-0.39, 0.29) is 20.2 Å². The number of hydrogen-bond acceptors (Lipinski definition) is 4. The van der Waals surface area contributed by atoms with E-state index in [2.05, 4.69) is 5.18 Å². The van der Waals surface area contributed by atoms with Gasteiger partial charge in [0.2, 0.25) is 0 Å². The van der Waals surface area contributed by atoms with Crippen molar-refractivity contribution in [2.24, 2.45) is 12.2 Å². The summed E-state index contributed by atoms with van der Waals surface area (Å²) < 4.78 is 52.4. The van der Waals surface area contributed by atoms with Crippen LogP contribution in [0.2, 0.25) is 5.02 Å². The highest BCUT2D eigenvalue weighted by atomic mass is 35.5. The lowest BCUT2D eigenvalue weighted by Gasteiger charge is -2.14. The zero-order valence-corrected chi connectivity index (χ0v) is 11.9. The second-order valence-corrected chi connectivity index (χ2v) is 4.80. The van der Waals surface area contributed by atoms with E-state index in [4.69, 9.17) is 11.6 Å². The van der Waals surface area contributed by atoms with E-state index < -0.39 is 40.3 Å². The largest absolute Gasteiger partial charge is 0.431 e. The summed E-state index contributed by atoms with van der Waals surface area (Å²) in [6.07, 6.45) is -4.94. The van der Waals surface area contributed by atoms with Crippen molar-refractivity contribution in [3.8, 4) is 5.69 Å².